The largest absolute Gasteiger partial charge is 0.497 e. The van der Waals surface area contributed by atoms with Gasteiger partial charge in [-0.2, -0.15) is 0 Å². The Bertz CT molecular complexity index is 786. The molecule has 0 saturated heterocycles. The van der Waals surface area contributed by atoms with Crippen LogP contribution in [0.25, 0.3) is 0 Å². The molecule has 2 aromatic rings. The first-order valence-corrected chi connectivity index (χ1v) is 9.10. The molecule has 5 heteroatoms. The molecule has 1 atom stereocenters. The lowest BCUT2D eigenvalue weighted by Gasteiger charge is -2.19. The van der Waals surface area contributed by atoms with Crippen LogP contribution in [0.15, 0.2) is 36.4 Å². The third-order valence-corrected chi connectivity index (χ3v) is 4.43. The van der Waals surface area contributed by atoms with Crippen molar-refractivity contribution < 1.29 is 19.0 Å². The summed E-state index contributed by atoms with van der Waals surface area (Å²) >= 11 is 0. The number of aryl methyl sites for hydroxylation is 1. The van der Waals surface area contributed by atoms with Crippen molar-refractivity contribution in [2.24, 2.45) is 0 Å². The molecule has 0 aromatic heterocycles. The van der Waals surface area contributed by atoms with Crippen molar-refractivity contribution in [3.63, 3.8) is 0 Å². The summed E-state index contributed by atoms with van der Waals surface area (Å²) in [6, 6.07) is 11.4. The monoisotopic (exact) mass is 371 g/mol. The maximum Gasteiger partial charge on any atom is 0.258 e. The third kappa shape index (κ3) is 5.39. The van der Waals surface area contributed by atoms with E-state index in [1.165, 1.54) is 0 Å². The fraction of sp³-hybridized carbons (Fsp3) is 0.409. The van der Waals surface area contributed by atoms with Crippen molar-refractivity contribution in [3.8, 4) is 17.2 Å². The summed E-state index contributed by atoms with van der Waals surface area (Å²) in [7, 11) is 3.21. The van der Waals surface area contributed by atoms with E-state index in [1.54, 1.807) is 14.2 Å². The molecule has 0 spiro atoms. The van der Waals surface area contributed by atoms with Gasteiger partial charge in [-0.25, -0.2) is 0 Å². The Kier molecular flexibility index (Phi) is 7.11. The Labute approximate surface area is 161 Å². The van der Waals surface area contributed by atoms with Crippen LogP contribution in [0.2, 0.25) is 0 Å². The van der Waals surface area contributed by atoms with Gasteiger partial charge in [0.1, 0.15) is 17.2 Å². The van der Waals surface area contributed by atoms with Gasteiger partial charge in [-0.15, -0.1) is 0 Å². The second kappa shape index (κ2) is 9.31. The molecule has 1 N–H and O–H groups in total. The molecule has 0 aliphatic heterocycles. The lowest BCUT2D eigenvalue weighted by Crippen LogP contribution is -2.31. The van der Waals surface area contributed by atoms with E-state index < -0.39 is 0 Å². The molecule has 0 saturated carbocycles. The number of ether oxygens (including phenoxy) is 3. The molecule has 0 heterocycles. The molecule has 0 unspecified atom stereocenters. The average molecular weight is 371 g/mol. The van der Waals surface area contributed by atoms with E-state index in [2.05, 4.69) is 31.3 Å². The van der Waals surface area contributed by atoms with Crippen LogP contribution in [0.1, 0.15) is 49.4 Å². The van der Waals surface area contributed by atoms with Crippen LogP contribution in [0.3, 0.4) is 0 Å². The fourth-order valence-electron chi connectivity index (χ4n) is 2.93. The molecule has 0 aliphatic carbocycles. The molecular weight excluding hydrogens is 342 g/mol. The van der Waals surface area contributed by atoms with Gasteiger partial charge in [0.05, 0.1) is 20.3 Å². The third-order valence-electron chi connectivity index (χ3n) is 4.43. The Morgan fingerprint density at radius 2 is 1.70 bits per heavy atom. The average Bonchev–Trinajstić information content (AvgIpc) is 2.65. The highest BCUT2D eigenvalue weighted by molar-refractivity contribution is 5.78. The summed E-state index contributed by atoms with van der Waals surface area (Å²) in [5, 5.41) is 2.96. The lowest BCUT2D eigenvalue weighted by atomic mass is 10.0. The molecule has 1 amide bonds. The van der Waals surface area contributed by atoms with E-state index >= 15 is 0 Å². The summed E-state index contributed by atoms with van der Waals surface area (Å²) in [6.45, 7) is 8.08. The maximum absolute atomic E-state index is 12.4. The van der Waals surface area contributed by atoms with Crippen molar-refractivity contribution in [1.29, 1.82) is 0 Å². The zero-order valence-corrected chi connectivity index (χ0v) is 17.0. The second-order valence-electron chi connectivity index (χ2n) is 6.88. The first-order valence-electron chi connectivity index (χ1n) is 9.10. The fourth-order valence-corrected chi connectivity index (χ4v) is 2.93. The van der Waals surface area contributed by atoms with Crippen LogP contribution in [-0.4, -0.2) is 26.7 Å². The number of rotatable bonds is 8. The van der Waals surface area contributed by atoms with Crippen LogP contribution in [0, 0.1) is 6.92 Å². The highest BCUT2D eigenvalue weighted by Crippen LogP contribution is 2.30. The summed E-state index contributed by atoms with van der Waals surface area (Å²) in [5.74, 6) is 2.30. The topological polar surface area (TPSA) is 56.8 Å². The van der Waals surface area contributed by atoms with E-state index in [9.17, 15) is 4.79 Å². The van der Waals surface area contributed by atoms with Gasteiger partial charge in [0.15, 0.2) is 6.61 Å². The zero-order valence-electron chi connectivity index (χ0n) is 17.0. The van der Waals surface area contributed by atoms with Crippen molar-refractivity contribution >= 4 is 5.91 Å². The van der Waals surface area contributed by atoms with Crippen LogP contribution in [-0.2, 0) is 4.79 Å². The molecule has 0 radical (unpaired) electrons. The molecule has 0 aliphatic rings. The first kappa shape index (κ1) is 20.6. The Morgan fingerprint density at radius 1 is 0.963 bits per heavy atom. The molecule has 27 heavy (non-hydrogen) atoms. The van der Waals surface area contributed by atoms with E-state index in [0.717, 1.165) is 22.4 Å². The quantitative estimate of drug-likeness (QED) is 0.748. The normalized spacial score (nSPS) is 11.8. The van der Waals surface area contributed by atoms with Crippen molar-refractivity contribution in [2.75, 3.05) is 20.8 Å². The van der Waals surface area contributed by atoms with Gasteiger partial charge >= 0.3 is 0 Å². The van der Waals surface area contributed by atoms with Crippen molar-refractivity contribution in [3.05, 3.63) is 53.1 Å². The summed E-state index contributed by atoms with van der Waals surface area (Å²) in [6.07, 6.45) is 0. The predicted molar refractivity (Wildman–Crippen MR) is 107 cm³/mol. The highest BCUT2D eigenvalue weighted by atomic mass is 16.5. The van der Waals surface area contributed by atoms with Gasteiger partial charge in [-0.1, -0.05) is 26.0 Å². The smallest absolute Gasteiger partial charge is 0.258 e. The van der Waals surface area contributed by atoms with Crippen LogP contribution >= 0.6 is 0 Å². The van der Waals surface area contributed by atoms with Crippen LogP contribution in [0.4, 0.5) is 0 Å². The number of benzene rings is 2. The van der Waals surface area contributed by atoms with E-state index in [0.29, 0.717) is 17.4 Å². The Morgan fingerprint density at radius 3 is 2.33 bits per heavy atom. The lowest BCUT2D eigenvalue weighted by molar-refractivity contribution is -0.123. The van der Waals surface area contributed by atoms with Crippen molar-refractivity contribution in [1.82, 2.24) is 5.32 Å². The maximum atomic E-state index is 12.4. The molecule has 0 fully saturated rings. The number of hydrogen-bond acceptors (Lipinski definition) is 4. The molecule has 146 valence electrons. The Balaban J connectivity index is 2.05. The first-order chi connectivity index (χ1) is 12.8. The number of methoxy groups -OCH3 is 2. The zero-order chi connectivity index (χ0) is 20.0. The highest BCUT2D eigenvalue weighted by Gasteiger charge is 2.16. The van der Waals surface area contributed by atoms with E-state index in [-0.39, 0.29) is 18.6 Å². The molecule has 2 aromatic carbocycles. The summed E-state index contributed by atoms with van der Waals surface area (Å²) in [4.78, 5) is 12.4. The van der Waals surface area contributed by atoms with E-state index in [4.69, 9.17) is 14.2 Å². The second-order valence-corrected chi connectivity index (χ2v) is 6.88. The SMILES string of the molecule is COc1ccc(OC)c([C@@H](C)NC(=O)COc2cc(C)ccc2C(C)C)c1. The van der Waals surface area contributed by atoms with Gasteiger partial charge in [0.2, 0.25) is 0 Å². The number of carbonyl (C=O) groups is 1. The number of nitrogens with one attached hydrogen (secondary N) is 1. The van der Waals surface area contributed by atoms with Crippen molar-refractivity contribution in [2.45, 2.75) is 39.7 Å². The predicted octanol–water partition coefficient (Wildman–Crippen LogP) is 4.39. The minimum Gasteiger partial charge on any atom is -0.497 e. The van der Waals surface area contributed by atoms with Gasteiger partial charge in [-0.3, -0.25) is 4.79 Å². The summed E-state index contributed by atoms with van der Waals surface area (Å²) < 4.78 is 16.5. The number of amides is 1. The van der Waals surface area contributed by atoms with Crippen LogP contribution in [0.5, 0.6) is 17.2 Å². The van der Waals surface area contributed by atoms with Gasteiger partial charge < -0.3 is 19.5 Å². The van der Waals surface area contributed by atoms with Crippen LogP contribution < -0.4 is 19.5 Å². The Hall–Kier alpha value is -2.69. The molecule has 2 rings (SSSR count). The van der Waals surface area contributed by atoms with Gasteiger partial charge in [0.25, 0.3) is 5.91 Å². The molecule has 0 bridgehead atoms. The number of carbonyl (C=O) groups excluding carboxylic acids is 1. The minimum absolute atomic E-state index is 0.0419. The molecule has 5 nitrogen and oxygen atoms in total. The van der Waals surface area contributed by atoms with Gasteiger partial charge in [-0.05, 0) is 55.2 Å². The van der Waals surface area contributed by atoms with E-state index in [1.807, 2.05) is 38.1 Å². The van der Waals surface area contributed by atoms with Gasteiger partial charge in [0, 0.05) is 5.56 Å². The standard InChI is InChI=1S/C22H29NO4/c1-14(2)18-9-7-15(3)11-21(18)27-13-22(24)23-16(4)19-12-17(25-5)8-10-20(19)26-6/h7-12,14,16H,13H2,1-6H3,(H,23,24)/t16-/m1/s1. The molecular formula is C22H29NO4. The minimum atomic E-state index is -0.242. The number of hydrogen-bond donors (Lipinski definition) is 1. The summed E-state index contributed by atoms with van der Waals surface area (Å²) in [5.41, 5.74) is 3.05.